The molecule has 132 valence electrons. The zero-order chi connectivity index (χ0) is 18.2. The molecule has 6 nitrogen and oxygen atoms in total. The Morgan fingerprint density at radius 1 is 1.42 bits per heavy atom. The molecule has 0 spiro atoms. The van der Waals surface area contributed by atoms with Crippen LogP contribution in [0.2, 0.25) is 0 Å². The van der Waals surface area contributed by atoms with Crippen LogP contribution >= 0.6 is 0 Å². The van der Waals surface area contributed by atoms with Crippen molar-refractivity contribution < 1.29 is 26.9 Å². The van der Waals surface area contributed by atoms with Crippen LogP contribution in [0.3, 0.4) is 0 Å². The van der Waals surface area contributed by atoms with Gasteiger partial charge in [-0.3, -0.25) is 10.1 Å². The first kappa shape index (κ1) is 17.9. The molecule has 0 radical (unpaired) electrons. The maximum absolute atomic E-state index is 13.3. The fourth-order valence-corrected chi connectivity index (χ4v) is 2.13. The molecule has 1 aromatic carbocycles. The van der Waals surface area contributed by atoms with E-state index < -0.39 is 57.4 Å². The predicted octanol–water partition coefficient (Wildman–Crippen LogP) is 4.64. The average Bonchev–Trinajstić information content (AvgIpc) is 2.90. The molecule has 1 heterocycles. The summed E-state index contributed by atoms with van der Waals surface area (Å²) in [6, 6.07) is -0.108. The summed E-state index contributed by atoms with van der Waals surface area (Å²) in [7, 11) is 0. The van der Waals surface area contributed by atoms with Crippen LogP contribution in [0, 0.1) is 10.1 Å². The lowest BCUT2D eigenvalue weighted by atomic mass is 10.1. The van der Waals surface area contributed by atoms with E-state index in [0.717, 1.165) is 0 Å². The van der Waals surface area contributed by atoms with Gasteiger partial charge in [-0.25, -0.2) is 13.8 Å². The smallest absolute Gasteiger partial charge is 0.380 e. The second kappa shape index (κ2) is 6.21. The Balaban J connectivity index is 2.86. The number of aromatic nitrogens is 2. The van der Waals surface area contributed by atoms with Crippen molar-refractivity contribution in [1.29, 1.82) is 0 Å². The minimum absolute atomic E-state index is 0.320. The predicted molar refractivity (Wildman–Crippen MR) is 76.1 cm³/mol. The van der Waals surface area contributed by atoms with Gasteiger partial charge < -0.3 is 10.3 Å². The molecule has 0 aliphatic carbocycles. The highest BCUT2D eigenvalue weighted by atomic mass is 19.4. The van der Waals surface area contributed by atoms with Gasteiger partial charge in [-0.1, -0.05) is 6.92 Å². The van der Waals surface area contributed by atoms with Crippen molar-refractivity contribution in [1.82, 2.24) is 9.97 Å². The Morgan fingerprint density at radius 2 is 2.04 bits per heavy atom. The van der Waals surface area contributed by atoms with Crippen molar-refractivity contribution >= 4 is 22.4 Å². The Labute approximate surface area is 132 Å². The van der Waals surface area contributed by atoms with Crippen LogP contribution in [0.5, 0.6) is 0 Å². The number of non-ortho nitro benzene ring substituents is 1. The van der Waals surface area contributed by atoms with Crippen molar-refractivity contribution in [2.45, 2.75) is 38.9 Å². The molecular weight excluding hydrogens is 339 g/mol. The number of rotatable bonds is 5. The number of halogens is 5. The molecule has 0 aliphatic heterocycles. The molecule has 0 saturated carbocycles. The Hall–Kier alpha value is -2.46. The maximum Gasteiger partial charge on any atom is 0.418 e. The van der Waals surface area contributed by atoms with Crippen molar-refractivity contribution in [3.05, 3.63) is 27.6 Å². The van der Waals surface area contributed by atoms with Crippen LogP contribution in [0.1, 0.15) is 38.1 Å². The summed E-state index contributed by atoms with van der Waals surface area (Å²) in [5.41, 5.74) is -3.86. The van der Waals surface area contributed by atoms with Crippen LogP contribution < -0.4 is 5.32 Å². The number of nitrogens with zero attached hydrogens (tertiary/aromatic N) is 2. The number of alkyl halides is 5. The van der Waals surface area contributed by atoms with E-state index >= 15 is 0 Å². The number of H-pyrrole nitrogens is 1. The summed E-state index contributed by atoms with van der Waals surface area (Å²) >= 11 is 0. The molecule has 2 N–H and O–H groups in total. The molecule has 0 amide bonds. The summed E-state index contributed by atoms with van der Waals surface area (Å²) in [5, 5.41) is 13.6. The highest BCUT2D eigenvalue weighted by molar-refractivity contribution is 5.97. The Kier molecular flexibility index (Phi) is 4.63. The molecule has 0 saturated heterocycles. The molecule has 0 fully saturated rings. The molecule has 1 atom stereocenters. The summed E-state index contributed by atoms with van der Waals surface area (Å²) in [4.78, 5) is 15.5. The van der Waals surface area contributed by atoms with Gasteiger partial charge in [0.2, 0.25) is 0 Å². The number of imidazole rings is 1. The van der Waals surface area contributed by atoms with Crippen LogP contribution in [-0.4, -0.2) is 20.9 Å². The van der Waals surface area contributed by atoms with Gasteiger partial charge in [0.25, 0.3) is 12.1 Å². The molecule has 2 aromatic rings. The number of anilines is 1. The van der Waals surface area contributed by atoms with Gasteiger partial charge in [-0.15, -0.1) is 0 Å². The highest BCUT2D eigenvalue weighted by Gasteiger charge is 2.38. The molecular formula is C13H13F5N4O2. The number of aromatic amines is 1. The third kappa shape index (κ3) is 3.24. The number of nitro benzene ring substituents is 1. The third-order valence-electron chi connectivity index (χ3n) is 3.48. The van der Waals surface area contributed by atoms with Gasteiger partial charge in [-0.05, 0) is 13.3 Å². The summed E-state index contributed by atoms with van der Waals surface area (Å²) < 4.78 is 65.5. The lowest BCUT2D eigenvalue weighted by Gasteiger charge is -2.18. The van der Waals surface area contributed by atoms with E-state index in [1.54, 1.807) is 13.8 Å². The number of hydrogen-bond donors (Lipinski definition) is 2. The third-order valence-corrected chi connectivity index (χ3v) is 3.48. The summed E-state index contributed by atoms with van der Waals surface area (Å²) in [6.07, 6.45) is -7.58. The van der Waals surface area contributed by atoms with E-state index in [4.69, 9.17) is 0 Å². The number of fused-ring (bicyclic) bond motifs is 1. The Morgan fingerprint density at radius 3 is 2.50 bits per heavy atom. The first-order valence-electron chi connectivity index (χ1n) is 6.89. The van der Waals surface area contributed by atoms with Gasteiger partial charge in [0.1, 0.15) is 11.0 Å². The van der Waals surface area contributed by atoms with Crippen LogP contribution in [0.25, 0.3) is 11.0 Å². The number of hydrogen-bond acceptors (Lipinski definition) is 4. The monoisotopic (exact) mass is 352 g/mol. The van der Waals surface area contributed by atoms with E-state index in [9.17, 15) is 32.1 Å². The molecule has 11 heteroatoms. The number of benzene rings is 1. The van der Waals surface area contributed by atoms with E-state index in [1.807, 2.05) is 4.98 Å². The van der Waals surface area contributed by atoms with Crippen LogP contribution in [0.4, 0.5) is 33.3 Å². The topological polar surface area (TPSA) is 83.9 Å². The maximum atomic E-state index is 13.3. The lowest BCUT2D eigenvalue weighted by Crippen LogP contribution is -2.18. The van der Waals surface area contributed by atoms with Gasteiger partial charge in [-0.2, -0.15) is 13.2 Å². The normalized spacial score (nSPS) is 13.5. The lowest BCUT2D eigenvalue weighted by molar-refractivity contribution is -0.383. The minimum atomic E-state index is -4.92. The molecule has 0 aliphatic rings. The van der Waals surface area contributed by atoms with E-state index in [0.29, 0.717) is 12.5 Å². The summed E-state index contributed by atoms with van der Waals surface area (Å²) in [5.74, 6) is -0.931. The first-order valence-corrected chi connectivity index (χ1v) is 6.89. The second-order valence-corrected chi connectivity index (χ2v) is 5.17. The zero-order valence-electron chi connectivity index (χ0n) is 12.5. The van der Waals surface area contributed by atoms with Crippen LogP contribution in [-0.2, 0) is 6.18 Å². The van der Waals surface area contributed by atoms with Gasteiger partial charge in [0, 0.05) is 12.1 Å². The SMILES string of the molecule is CCC(C)Nc1c(C(F)(F)F)cc([N+](=O)[O-])c2[nH]c(C(F)F)nc12. The van der Waals surface area contributed by atoms with E-state index in [2.05, 4.69) is 10.3 Å². The van der Waals surface area contributed by atoms with Gasteiger partial charge in [0.15, 0.2) is 5.82 Å². The summed E-state index contributed by atoms with van der Waals surface area (Å²) in [6.45, 7) is 3.30. The van der Waals surface area contributed by atoms with Crippen molar-refractivity contribution in [2.24, 2.45) is 0 Å². The molecule has 0 bridgehead atoms. The first-order chi connectivity index (χ1) is 11.1. The quantitative estimate of drug-likeness (QED) is 0.466. The Bertz CT molecular complexity index is 772. The zero-order valence-corrected chi connectivity index (χ0v) is 12.5. The highest BCUT2D eigenvalue weighted by Crippen LogP contribution is 2.43. The van der Waals surface area contributed by atoms with E-state index in [1.165, 1.54) is 0 Å². The minimum Gasteiger partial charge on any atom is -0.380 e. The molecule has 2 rings (SSSR count). The van der Waals surface area contributed by atoms with Crippen molar-refractivity contribution in [3.8, 4) is 0 Å². The molecule has 24 heavy (non-hydrogen) atoms. The average molecular weight is 352 g/mol. The van der Waals surface area contributed by atoms with Crippen LogP contribution in [0.15, 0.2) is 6.07 Å². The second-order valence-electron chi connectivity index (χ2n) is 5.17. The number of nitrogens with one attached hydrogen (secondary N) is 2. The van der Waals surface area contributed by atoms with Gasteiger partial charge in [0.05, 0.1) is 16.2 Å². The fraction of sp³-hybridized carbons (Fsp3) is 0.462. The standard InChI is InChI=1S/C13H13F5N4O2/c1-3-5(2)19-8-6(13(16,17)18)4-7(22(23)24)9-10(8)21-12(20-9)11(14)15/h4-5,11,19H,3H2,1-2H3,(H,20,21). The molecule has 1 unspecified atom stereocenters. The molecule has 1 aromatic heterocycles. The van der Waals surface area contributed by atoms with E-state index in [-0.39, 0.29) is 0 Å². The number of nitro groups is 1. The van der Waals surface area contributed by atoms with Crippen molar-refractivity contribution in [2.75, 3.05) is 5.32 Å². The van der Waals surface area contributed by atoms with Gasteiger partial charge >= 0.3 is 6.18 Å². The van der Waals surface area contributed by atoms with Crippen molar-refractivity contribution in [3.63, 3.8) is 0 Å². The largest absolute Gasteiger partial charge is 0.418 e. The fourth-order valence-electron chi connectivity index (χ4n) is 2.13.